The average Bonchev–Trinajstić information content (AvgIpc) is 3.52. The number of aliphatic imine (C=N–C) groups is 1. The number of carbonyl (C=O) groups excluding carboxylic acids is 1. The van der Waals surface area contributed by atoms with Crippen molar-refractivity contribution in [3.63, 3.8) is 0 Å². The van der Waals surface area contributed by atoms with E-state index in [1.807, 2.05) is 48.2 Å². The number of thioether (sulfide) groups is 1. The van der Waals surface area contributed by atoms with Crippen LogP contribution >= 0.6 is 11.8 Å². The van der Waals surface area contributed by atoms with Gasteiger partial charge in [-0.05, 0) is 48.6 Å². The van der Waals surface area contributed by atoms with E-state index in [1.165, 1.54) is 4.90 Å². The number of aromatic nitrogens is 1. The molecule has 3 heterocycles. The average molecular weight is 428 g/mol. The summed E-state index contributed by atoms with van der Waals surface area (Å²) in [5, 5.41) is 1.07. The maximum Gasteiger partial charge on any atom is 0.284 e. The molecular weight excluding hydrogens is 406 g/mol. The van der Waals surface area contributed by atoms with Gasteiger partial charge in [-0.2, -0.15) is 0 Å². The highest BCUT2D eigenvalue weighted by molar-refractivity contribution is 7.99. The van der Waals surface area contributed by atoms with Crippen molar-refractivity contribution in [3.8, 4) is 0 Å². The zero-order valence-corrected chi connectivity index (χ0v) is 17.9. The number of hydrogen-bond donors (Lipinski definition) is 1. The third kappa shape index (κ3) is 3.82. The molecule has 154 valence electrons. The molecule has 2 aromatic heterocycles. The van der Waals surface area contributed by atoms with Gasteiger partial charge < -0.3 is 9.40 Å². The van der Waals surface area contributed by atoms with Gasteiger partial charge in [0, 0.05) is 27.4 Å². The summed E-state index contributed by atoms with van der Waals surface area (Å²) < 4.78 is 5.39. The van der Waals surface area contributed by atoms with Gasteiger partial charge in [0.1, 0.15) is 23.1 Å². The van der Waals surface area contributed by atoms with Gasteiger partial charge in [0.2, 0.25) is 0 Å². The molecule has 6 heteroatoms. The van der Waals surface area contributed by atoms with Crippen LogP contribution in [-0.4, -0.2) is 22.5 Å². The maximum atomic E-state index is 13.4. The first kappa shape index (κ1) is 19.5. The molecule has 0 fully saturated rings. The van der Waals surface area contributed by atoms with Crippen LogP contribution in [0.5, 0.6) is 0 Å². The Bertz CT molecular complexity index is 1290. The summed E-state index contributed by atoms with van der Waals surface area (Å²) >= 11 is 1.84. The first-order chi connectivity index (χ1) is 15.2. The number of nitrogens with zero attached hydrogens (tertiary/aromatic N) is 2. The molecule has 1 aliphatic heterocycles. The lowest BCUT2D eigenvalue weighted by Crippen LogP contribution is -2.32. The van der Waals surface area contributed by atoms with Gasteiger partial charge in [0.25, 0.3) is 5.91 Å². The zero-order valence-electron chi connectivity index (χ0n) is 17.0. The number of amidine groups is 1. The molecule has 0 bridgehead atoms. The number of furan rings is 1. The summed E-state index contributed by atoms with van der Waals surface area (Å²) in [6.07, 6.45) is 4.38. The molecule has 5 nitrogen and oxygen atoms in total. The second-order valence-electron chi connectivity index (χ2n) is 7.24. The number of rotatable bonds is 6. The minimum Gasteiger partial charge on any atom is -0.465 e. The summed E-state index contributed by atoms with van der Waals surface area (Å²) in [5.74, 6) is 2.77. The predicted octanol–water partition coefficient (Wildman–Crippen LogP) is 6.10. The Balaban J connectivity index is 1.57. The molecule has 2 aromatic carbocycles. The molecule has 1 N–H and O–H groups in total. The van der Waals surface area contributed by atoms with E-state index in [0.29, 0.717) is 23.1 Å². The van der Waals surface area contributed by atoms with Crippen LogP contribution < -0.4 is 4.90 Å². The van der Waals surface area contributed by atoms with E-state index in [1.54, 1.807) is 29.4 Å². The fourth-order valence-corrected chi connectivity index (χ4v) is 4.37. The van der Waals surface area contributed by atoms with Gasteiger partial charge in [-0.25, -0.2) is 9.89 Å². The molecule has 5 rings (SSSR count). The number of anilines is 1. The van der Waals surface area contributed by atoms with Crippen molar-refractivity contribution in [1.82, 2.24) is 4.98 Å². The van der Waals surface area contributed by atoms with Crippen molar-refractivity contribution < 1.29 is 9.21 Å². The minimum absolute atomic E-state index is 0.192. The Morgan fingerprint density at radius 2 is 1.97 bits per heavy atom. The third-order valence-corrected chi connectivity index (χ3v) is 6.21. The summed E-state index contributed by atoms with van der Waals surface area (Å²) in [6, 6.07) is 21.7. The maximum absolute atomic E-state index is 13.4. The summed E-state index contributed by atoms with van der Waals surface area (Å²) in [4.78, 5) is 24.3. The van der Waals surface area contributed by atoms with Gasteiger partial charge in [0.05, 0.1) is 6.26 Å². The highest BCUT2D eigenvalue weighted by atomic mass is 32.2. The van der Waals surface area contributed by atoms with Crippen molar-refractivity contribution >= 4 is 46.3 Å². The molecule has 0 spiro atoms. The van der Waals surface area contributed by atoms with Crippen LogP contribution in [0.3, 0.4) is 0 Å². The Labute approximate surface area is 184 Å². The molecule has 0 saturated heterocycles. The highest BCUT2D eigenvalue weighted by Crippen LogP contribution is 2.32. The Kier molecular flexibility index (Phi) is 5.22. The number of hydrogen-bond acceptors (Lipinski definition) is 4. The van der Waals surface area contributed by atoms with Crippen molar-refractivity contribution in [3.05, 3.63) is 90.0 Å². The number of nitrogens with one attached hydrogen (secondary N) is 1. The van der Waals surface area contributed by atoms with Gasteiger partial charge in [-0.15, -0.1) is 11.8 Å². The molecule has 0 aliphatic carbocycles. The third-order valence-electron chi connectivity index (χ3n) is 5.01. The number of H-pyrrole nitrogens is 1. The molecule has 0 saturated carbocycles. The Morgan fingerprint density at radius 3 is 2.74 bits per heavy atom. The van der Waals surface area contributed by atoms with Crippen LogP contribution in [0.1, 0.15) is 24.7 Å². The molecule has 0 radical (unpaired) electrons. The number of fused-ring (bicyclic) bond motifs is 1. The Morgan fingerprint density at radius 1 is 1.10 bits per heavy atom. The first-order valence-electron chi connectivity index (χ1n) is 10.2. The minimum atomic E-state index is -0.192. The molecule has 1 aliphatic rings. The predicted molar refractivity (Wildman–Crippen MR) is 126 cm³/mol. The summed E-state index contributed by atoms with van der Waals surface area (Å²) in [5.41, 5.74) is 2.20. The van der Waals surface area contributed by atoms with E-state index < -0.39 is 0 Å². The molecule has 0 atom stereocenters. The van der Waals surface area contributed by atoms with Gasteiger partial charge >= 0.3 is 0 Å². The standard InChI is InChI=1S/C25H21N3O2S/c1-2-13-31-20-10-11-21-18(14-20)15-23(26-21)28-24(17-7-4-3-5-8-17)27-22(25(28)29)16-19-9-6-12-30-19/h3-12,14-16,26H,2,13H2,1H3/b22-16-. The molecule has 1 amide bonds. The van der Waals surface area contributed by atoms with Gasteiger partial charge in [0.15, 0.2) is 0 Å². The van der Waals surface area contributed by atoms with E-state index >= 15 is 0 Å². The van der Waals surface area contributed by atoms with Crippen LogP contribution in [0, 0.1) is 0 Å². The smallest absolute Gasteiger partial charge is 0.284 e. The van der Waals surface area contributed by atoms with Crippen LogP contribution in [0.15, 0.2) is 93.0 Å². The monoisotopic (exact) mass is 427 g/mol. The van der Waals surface area contributed by atoms with Crippen molar-refractivity contribution in [2.45, 2.75) is 18.2 Å². The number of aromatic amines is 1. The Hall–Kier alpha value is -3.51. The first-order valence-corrected chi connectivity index (χ1v) is 11.2. The molecule has 0 unspecified atom stereocenters. The van der Waals surface area contributed by atoms with E-state index in [0.717, 1.165) is 28.6 Å². The van der Waals surface area contributed by atoms with E-state index in [2.05, 4.69) is 35.1 Å². The van der Waals surface area contributed by atoms with E-state index in [-0.39, 0.29) is 5.91 Å². The van der Waals surface area contributed by atoms with Crippen LogP contribution in [0.2, 0.25) is 0 Å². The van der Waals surface area contributed by atoms with Crippen molar-refractivity contribution in [1.29, 1.82) is 0 Å². The lowest BCUT2D eigenvalue weighted by atomic mass is 10.2. The molecular formula is C25H21N3O2S. The topological polar surface area (TPSA) is 61.6 Å². The second kappa shape index (κ2) is 8.32. The SMILES string of the molecule is CCCSc1ccc2[nH]c(N3C(=O)/C(=C/c4ccco4)N=C3c3ccccc3)cc2c1. The van der Waals surface area contributed by atoms with Crippen molar-refractivity contribution in [2.24, 2.45) is 4.99 Å². The van der Waals surface area contributed by atoms with E-state index in [9.17, 15) is 4.79 Å². The van der Waals surface area contributed by atoms with Gasteiger partial charge in [-0.3, -0.25) is 4.79 Å². The van der Waals surface area contributed by atoms with Crippen molar-refractivity contribution in [2.75, 3.05) is 10.7 Å². The van der Waals surface area contributed by atoms with E-state index in [4.69, 9.17) is 4.42 Å². The summed E-state index contributed by atoms with van der Waals surface area (Å²) in [6.45, 7) is 2.18. The number of benzene rings is 2. The van der Waals surface area contributed by atoms with Crippen LogP contribution in [0.25, 0.3) is 17.0 Å². The number of amides is 1. The summed E-state index contributed by atoms with van der Waals surface area (Å²) in [7, 11) is 0. The fraction of sp³-hybridized carbons (Fsp3) is 0.120. The normalized spacial score (nSPS) is 15.3. The van der Waals surface area contributed by atoms with Crippen LogP contribution in [0.4, 0.5) is 5.82 Å². The molecule has 31 heavy (non-hydrogen) atoms. The molecule has 4 aromatic rings. The highest BCUT2D eigenvalue weighted by Gasteiger charge is 2.33. The largest absolute Gasteiger partial charge is 0.465 e. The fourth-order valence-electron chi connectivity index (χ4n) is 3.55. The van der Waals surface area contributed by atoms with Crippen LogP contribution in [-0.2, 0) is 4.79 Å². The zero-order chi connectivity index (χ0) is 21.2. The number of carbonyl (C=O) groups is 1. The van der Waals surface area contributed by atoms with Gasteiger partial charge in [-0.1, -0.05) is 37.3 Å². The lowest BCUT2D eigenvalue weighted by Gasteiger charge is -2.16. The second-order valence-corrected chi connectivity index (χ2v) is 8.41. The lowest BCUT2D eigenvalue weighted by molar-refractivity contribution is -0.113. The quantitative estimate of drug-likeness (QED) is 0.299.